The van der Waals surface area contributed by atoms with Gasteiger partial charge >= 0.3 is 5.97 Å². The quantitative estimate of drug-likeness (QED) is 0.666. The maximum absolute atomic E-state index is 12.4. The highest BCUT2D eigenvalue weighted by molar-refractivity contribution is 6.00. The van der Waals surface area contributed by atoms with Gasteiger partial charge in [0, 0.05) is 11.8 Å². The predicted octanol–water partition coefficient (Wildman–Crippen LogP) is 1.82. The molecule has 0 saturated carbocycles. The summed E-state index contributed by atoms with van der Waals surface area (Å²) < 4.78 is 11.1. The molecule has 4 atom stereocenters. The zero-order valence-corrected chi connectivity index (χ0v) is 12.4. The molecule has 1 fully saturated rings. The number of esters is 1. The minimum Gasteiger partial charge on any atom is -0.468 e. The minimum absolute atomic E-state index is 0.0282. The molecule has 21 heavy (non-hydrogen) atoms. The van der Waals surface area contributed by atoms with Crippen LogP contribution in [0.3, 0.4) is 0 Å². The molecule has 1 saturated heterocycles. The van der Waals surface area contributed by atoms with Gasteiger partial charge in [-0.15, -0.1) is 0 Å². The second-order valence-corrected chi connectivity index (χ2v) is 5.78. The minimum atomic E-state index is -0.821. The monoisotopic (exact) mass is 289 g/mol. The van der Waals surface area contributed by atoms with Crippen LogP contribution in [0.4, 0.5) is 0 Å². The number of hydrogen-bond donors (Lipinski definition) is 1. The Labute approximate surface area is 123 Å². The average molecular weight is 289 g/mol. The zero-order chi connectivity index (χ0) is 15.2. The molecule has 0 aliphatic carbocycles. The van der Waals surface area contributed by atoms with Crippen molar-refractivity contribution < 1.29 is 19.1 Å². The molecule has 2 aliphatic heterocycles. The van der Waals surface area contributed by atoms with Crippen LogP contribution in [0.1, 0.15) is 32.3 Å². The van der Waals surface area contributed by atoms with Gasteiger partial charge in [-0.05, 0) is 25.5 Å². The molecule has 3 rings (SSSR count). The van der Waals surface area contributed by atoms with Gasteiger partial charge in [-0.3, -0.25) is 9.59 Å². The number of carbonyl (C=O) groups is 2. The number of ether oxygens (including phenoxy) is 2. The third-order valence-electron chi connectivity index (χ3n) is 4.56. The van der Waals surface area contributed by atoms with E-state index < -0.39 is 17.6 Å². The van der Waals surface area contributed by atoms with E-state index in [9.17, 15) is 9.59 Å². The van der Waals surface area contributed by atoms with Crippen LogP contribution < -0.4 is 10.1 Å². The molecule has 0 spiro atoms. The molecule has 5 nitrogen and oxygen atoms in total. The van der Waals surface area contributed by atoms with Crippen molar-refractivity contribution in [3.05, 3.63) is 29.8 Å². The highest BCUT2D eigenvalue weighted by atomic mass is 16.5. The van der Waals surface area contributed by atoms with Crippen LogP contribution in [0.15, 0.2) is 24.3 Å². The third kappa shape index (κ3) is 1.99. The summed E-state index contributed by atoms with van der Waals surface area (Å²) in [5, 5.41) is 2.84. The van der Waals surface area contributed by atoms with Crippen molar-refractivity contribution >= 4 is 11.9 Å². The Balaban J connectivity index is 2.10. The van der Waals surface area contributed by atoms with Crippen molar-refractivity contribution in [2.45, 2.75) is 32.4 Å². The van der Waals surface area contributed by atoms with Crippen LogP contribution in [0.25, 0.3) is 0 Å². The maximum atomic E-state index is 12.4. The second kappa shape index (κ2) is 4.76. The number of hydrogen-bond acceptors (Lipinski definition) is 4. The summed E-state index contributed by atoms with van der Waals surface area (Å²) in [4.78, 5) is 24.6. The Morgan fingerprint density at radius 2 is 2.14 bits per heavy atom. The van der Waals surface area contributed by atoms with Crippen LogP contribution in [0, 0.1) is 11.8 Å². The molecule has 1 N–H and O–H groups in total. The van der Waals surface area contributed by atoms with Gasteiger partial charge in [0.25, 0.3) is 0 Å². The summed E-state index contributed by atoms with van der Waals surface area (Å²) in [7, 11) is 0. The number of amides is 1. The Morgan fingerprint density at radius 3 is 2.86 bits per heavy atom. The summed E-state index contributed by atoms with van der Waals surface area (Å²) in [5.41, 5.74) is 0.106. The Morgan fingerprint density at radius 1 is 1.43 bits per heavy atom. The van der Waals surface area contributed by atoms with Crippen LogP contribution >= 0.6 is 0 Å². The average Bonchev–Trinajstić information content (AvgIpc) is 2.42. The van der Waals surface area contributed by atoms with Crippen molar-refractivity contribution in [3.63, 3.8) is 0 Å². The van der Waals surface area contributed by atoms with Crippen molar-refractivity contribution in [2.24, 2.45) is 11.8 Å². The molecule has 5 heteroatoms. The van der Waals surface area contributed by atoms with E-state index in [0.717, 1.165) is 11.3 Å². The molecule has 0 aromatic heterocycles. The van der Waals surface area contributed by atoms with E-state index in [0.29, 0.717) is 0 Å². The van der Waals surface area contributed by atoms with E-state index in [1.807, 2.05) is 38.1 Å². The topological polar surface area (TPSA) is 64.6 Å². The lowest BCUT2D eigenvalue weighted by Gasteiger charge is -2.51. The molecule has 1 aromatic carbocycles. The first-order chi connectivity index (χ1) is 9.98. The first-order valence-corrected chi connectivity index (χ1v) is 7.24. The van der Waals surface area contributed by atoms with Gasteiger partial charge < -0.3 is 14.8 Å². The lowest BCUT2D eigenvalue weighted by molar-refractivity contribution is -0.165. The van der Waals surface area contributed by atoms with Crippen LogP contribution in [0.2, 0.25) is 0 Å². The number of benzene rings is 1. The number of piperidine rings is 1. The van der Waals surface area contributed by atoms with Gasteiger partial charge in [-0.1, -0.05) is 25.1 Å². The highest BCUT2D eigenvalue weighted by Crippen LogP contribution is 2.50. The number of nitrogens with one attached hydrogen (secondary N) is 1. The smallest absolute Gasteiger partial charge is 0.319 e. The summed E-state index contributed by atoms with van der Waals surface area (Å²) >= 11 is 0. The molecule has 0 radical (unpaired) electrons. The largest absolute Gasteiger partial charge is 0.468 e. The van der Waals surface area contributed by atoms with Gasteiger partial charge in [0.1, 0.15) is 11.7 Å². The lowest BCUT2D eigenvalue weighted by atomic mass is 9.68. The number of carbonyl (C=O) groups excluding carboxylic acids is 2. The molecule has 2 aliphatic rings. The van der Waals surface area contributed by atoms with E-state index in [2.05, 4.69) is 5.32 Å². The third-order valence-corrected chi connectivity index (χ3v) is 4.56. The van der Waals surface area contributed by atoms with Gasteiger partial charge in [-0.25, -0.2) is 0 Å². The van der Waals surface area contributed by atoms with E-state index >= 15 is 0 Å². The lowest BCUT2D eigenvalue weighted by Crippen LogP contribution is -2.66. The fourth-order valence-corrected chi connectivity index (χ4v) is 3.36. The second-order valence-electron chi connectivity index (χ2n) is 5.78. The normalized spacial score (nSPS) is 33.5. The van der Waals surface area contributed by atoms with E-state index in [-0.39, 0.29) is 24.3 Å². The van der Waals surface area contributed by atoms with Gasteiger partial charge in [0.05, 0.1) is 6.61 Å². The Bertz CT molecular complexity index is 600. The van der Waals surface area contributed by atoms with Gasteiger partial charge in [0.15, 0.2) is 5.72 Å². The molecule has 2 bridgehead atoms. The maximum Gasteiger partial charge on any atom is 0.319 e. The molecule has 1 aromatic rings. The first-order valence-electron chi connectivity index (χ1n) is 7.24. The van der Waals surface area contributed by atoms with Gasteiger partial charge in [0.2, 0.25) is 5.91 Å². The fourth-order valence-electron chi connectivity index (χ4n) is 3.36. The fraction of sp³-hybridized carbons (Fsp3) is 0.500. The number of fused-ring (bicyclic) bond motifs is 4. The standard InChI is InChI=1S/C16H19NO4/c1-4-20-15(19)13-12-9(2)16(3,17-14(13)18)21-11-8-6-5-7-10(11)12/h5-9,12-13H,4H2,1-3H3,(H,17,18)/t9-,12+,13-,16-/m1/s1. The summed E-state index contributed by atoms with van der Waals surface area (Å²) in [5.74, 6) is -1.15. The summed E-state index contributed by atoms with van der Waals surface area (Å²) in [6.07, 6.45) is 0. The van der Waals surface area contributed by atoms with Crippen LogP contribution in [-0.4, -0.2) is 24.2 Å². The van der Waals surface area contributed by atoms with Crippen molar-refractivity contribution in [3.8, 4) is 5.75 Å². The number of para-hydroxylation sites is 1. The molecule has 112 valence electrons. The van der Waals surface area contributed by atoms with Crippen molar-refractivity contribution in [2.75, 3.05) is 6.61 Å². The Kier molecular flexibility index (Phi) is 3.15. The summed E-state index contributed by atoms with van der Waals surface area (Å²) in [6.45, 7) is 5.84. The van der Waals surface area contributed by atoms with E-state index in [1.54, 1.807) is 6.92 Å². The highest BCUT2D eigenvalue weighted by Gasteiger charge is 2.56. The SMILES string of the molecule is CCOC(=O)[C@H]1C(=O)N[C@]2(C)Oc3ccccc3[C@@H]1[C@H]2C. The molecule has 2 heterocycles. The molecule has 0 unspecified atom stereocenters. The number of rotatable bonds is 2. The van der Waals surface area contributed by atoms with Crippen molar-refractivity contribution in [1.82, 2.24) is 5.32 Å². The molecular weight excluding hydrogens is 270 g/mol. The van der Waals surface area contributed by atoms with Crippen LogP contribution in [-0.2, 0) is 14.3 Å². The summed E-state index contributed by atoms with van der Waals surface area (Å²) in [6, 6.07) is 7.56. The first kappa shape index (κ1) is 13.9. The predicted molar refractivity (Wildman–Crippen MR) is 75.6 cm³/mol. The van der Waals surface area contributed by atoms with E-state index in [1.165, 1.54) is 0 Å². The van der Waals surface area contributed by atoms with Gasteiger partial charge in [-0.2, -0.15) is 0 Å². The Hall–Kier alpha value is -2.04. The van der Waals surface area contributed by atoms with Crippen molar-refractivity contribution in [1.29, 1.82) is 0 Å². The molecule has 1 amide bonds. The zero-order valence-electron chi connectivity index (χ0n) is 12.4. The van der Waals surface area contributed by atoms with Crippen LogP contribution in [0.5, 0.6) is 5.75 Å². The van der Waals surface area contributed by atoms with E-state index in [4.69, 9.17) is 9.47 Å². The molecular formula is C16H19NO4.